The maximum Gasteiger partial charge on any atom is 0.326 e. The Hall–Kier alpha value is -1.14. The Balaban J connectivity index is 2.62. The van der Waals surface area contributed by atoms with Gasteiger partial charge in [0.1, 0.15) is 5.54 Å². The highest BCUT2D eigenvalue weighted by Gasteiger charge is 2.34. The number of rotatable bonds is 8. The molecule has 1 N–H and O–H groups in total. The normalized spacial score (nSPS) is 14.0. The van der Waals surface area contributed by atoms with Gasteiger partial charge in [0.05, 0.1) is 6.61 Å². The Morgan fingerprint density at radius 3 is 2.81 bits per heavy atom. The molecule has 5 nitrogen and oxygen atoms in total. The summed E-state index contributed by atoms with van der Waals surface area (Å²) in [6, 6.07) is 2.08. The number of aryl methyl sites for hydroxylation is 1. The van der Waals surface area contributed by atoms with Gasteiger partial charge in [-0.3, -0.25) is 10.1 Å². The summed E-state index contributed by atoms with van der Waals surface area (Å²) in [4.78, 5) is 20.7. The van der Waals surface area contributed by atoms with E-state index < -0.39 is 5.54 Å². The molecule has 0 aromatic carbocycles. The van der Waals surface area contributed by atoms with Crippen molar-refractivity contribution >= 4 is 17.7 Å². The van der Waals surface area contributed by atoms with Crippen LogP contribution in [-0.2, 0) is 9.53 Å². The highest BCUT2D eigenvalue weighted by Crippen LogP contribution is 2.21. The molecule has 0 saturated heterocycles. The molecule has 6 heteroatoms. The molecule has 0 aliphatic carbocycles. The van der Waals surface area contributed by atoms with Gasteiger partial charge < -0.3 is 4.74 Å². The van der Waals surface area contributed by atoms with Crippen LogP contribution in [0.5, 0.6) is 0 Å². The first-order chi connectivity index (χ1) is 9.87. The van der Waals surface area contributed by atoms with Crippen molar-refractivity contribution in [2.45, 2.75) is 57.8 Å². The lowest BCUT2D eigenvalue weighted by molar-refractivity contribution is -0.150. The second kappa shape index (κ2) is 8.34. The van der Waals surface area contributed by atoms with Gasteiger partial charge in [-0.2, -0.15) is 0 Å². The Bertz CT molecular complexity index is 468. The zero-order chi connectivity index (χ0) is 15.9. The smallest absolute Gasteiger partial charge is 0.326 e. The average molecular weight is 311 g/mol. The van der Waals surface area contributed by atoms with Gasteiger partial charge >= 0.3 is 5.97 Å². The van der Waals surface area contributed by atoms with Gasteiger partial charge in [0.15, 0.2) is 5.16 Å². The van der Waals surface area contributed by atoms with Crippen LogP contribution in [-0.4, -0.2) is 39.9 Å². The van der Waals surface area contributed by atoms with Crippen molar-refractivity contribution in [1.82, 2.24) is 15.3 Å². The Labute approximate surface area is 131 Å². The number of aromatic nitrogens is 2. The van der Waals surface area contributed by atoms with E-state index in [0.29, 0.717) is 13.0 Å². The van der Waals surface area contributed by atoms with E-state index in [1.54, 1.807) is 18.0 Å². The van der Waals surface area contributed by atoms with Crippen LogP contribution >= 0.6 is 11.8 Å². The van der Waals surface area contributed by atoms with Crippen molar-refractivity contribution in [3.63, 3.8) is 0 Å². The van der Waals surface area contributed by atoms with E-state index >= 15 is 0 Å². The number of nitrogens with one attached hydrogen (secondary N) is 1. The molecule has 0 amide bonds. The third-order valence-electron chi connectivity index (χ3n) is 2.94. The molecular weight excluding hydrogens is 286 g/mol. The zero-order valence-corrected chi connectivity index (χ0v) is 14.3. The highest BCUT2D eigenvalue weighted by molar-refractivity contribution is 7.99. The van der Waals surface area contributed by atoms with Gasteiger partial charge in [-0.05, 0) is 47.1 Å². The average Bonchev–Trinajstić information content (AvgIpc) is 2.38. The second-order valence-electron chi connectivity index (χ2n) is 5.43. The van der Waals surface area contributed by atoms with Crippen molar-refractivity contribution in [2.75, 3.05) is 12.4 Å². The molecule has 0 spiro atoms. The molecule has 118 valence electrons. The molecule has 0 bridgehead atoms. The van der Waals surface area contributed by atoms with Crippen molar-refractivity contribution in [2.24, 2.45) is 0 Å². The number of carbonyl (C=O) groups excluding carboxylic acids is 1. The molecule has 0 aliphatic rings. The van der Waals surface area contributed by atoms with Crippen LogP contribution < -0.4 is 5.32 Å². The number of esters is 1. The Morgan fingerprint density at radius 2 is 2.24 bits per heavy atom. The fourth-order valence-corrected chi connectivity index (χ4v) is 3.04. The van der Waals surface area contributed by atoms with Gasteiger partial charge in [0.25, 0.3) is 0 Å². The van der Waals surface area contributed by atoms with E-state index in [9.17, 15) is 4.79 Å². The fourth-order valence-electron chi connectivity index (χ4n) is 2.00. The van der Waals surface area contributed by atoms with E-state index in [1.165, 1.54) is 0 Å². The molecule has 0 fully saturated rings. The summed E-state index contributed by atoms with van der Waals surface area (Å²) in [6.07, 6.45) is 2.41. The Kier molecular flexibility index (Phi) is 7.11. The van der Waals surface area contributed by atoms with Crippen LogP contribution in [0.4, 0.5) is 0 Å². The largest absolute Gasteiger partial charge is 0.465 e. The van der Waals surface area contributed by atoms with Crippen molar-refractivity contribution in [1.29, 1.82) is 0 Å². The topological polar surface area (TPSA) is 64.1 Å². The van der Waals surface area contributed by atoms with Crippen molar-refractivity contribution < 1.29 is 9.53 Å². The number of thioether (sulfide) groups is 1. The first-order valence-electron chi connectivity index (χ1n) is 7.24. The summed E-state index contributed by atoms with van der Waals surface area (Å²) in [7, 11) is 0. The molecule has 1 rings (SSSR count). The molecule has 0 radical (unpaired) electrons. The van der Waals surface area contributed by atoms with Crippen LogP contribution in [0.1, 0.15) is 39.8 Å². The van der Waals surface area contributed by atoms with Crippen molar-refractivity contribution in [3.05, 3.63) is 18.0 Å². The van der Waals surface area contributed by atoms with E-state index in [2.05, 4.69) is 15.3 Å². The van der Waals surface area contributed by atoms with Gasteiger partial charge in [-0.1, -0.05) is 11.8 Å². The molecule has 1 unspecified atom stereocenters. The summed E-state index contributed by atoms with van der Waals surface area (Å²) in [6.45, 7) is 10.1. The van der Waals surface area contributed by atoms with Crippen LogP contribution in [0.25, 0.3) is 0 Å². The number of hydrogen-bond donors (Lipinski definition) is 1. The van der Waals surface area contributed by atoms with Crippen molar-refractivity contribution in [3.8, 4) is 0 Å². The second-order valence-corrected chi connectivity index (χ2v) is 6.49. The molecule has 0 aliphatic heterocycles. The molecule has 21 heavy (non-hydrogen) atoms. The molecule has 1 aromatic rings. The molecule has 1 heterocycles. The van der Waals surface area contributed by atoms with Crippen LogP contribution in [0.2, 0.25) is 0 Å². The van der Waals surface area contributed by atoms with E-state index in [-0.39, 0.29) is 12.0 Å². The monoisotopic (exact) mass is 311 g/mol. The van der Waals surface area contributed by atoms with E-state index in [4.69, 9.17) is 4.74 Å². The summed E-state index contributed by atoms with van der Waals surface area (Å²) in [5.74, 6) is 0.544. The zero-order valence-electron chi connectivity index (χ0n) is 13.5. The van der Waals surface area contributed by atoms with Crippen LogP contribution in [0.3, 0.4) is 0 Å². The maximum atomic E-state index is 12.2. The molecule has 0 saturated carbocycles. The number of ether oxygens (including phenoxy) is 1. The van der Waals surface area contributed by atoms with Crippen LogP contribution in [0, 0.1) is 6.92 Å². The first-order valence-corrected chi connectivity index (χ1v) is 8.23. The lowest BCUT2D eigenvalue weighted by atomic mass is 9.98. The maximum absolute atomic E-state index is 12.2. The Morgan fingerprint density at radius 1 is 1.52 bits per heavy atom. The molecular formula is C15H25N3O2S. The standard InChI is InChI=1S/C15H25N3O2S/c1-6-20-13(19)15(5,18-11(2)3)8-10-21-14-16-9-7-12(4)17-14/h7,9,11,18H,6,8,10H2,1-5H3. The van der Waals surface area contributed by atoms with Gasteiger partial charge in [0.2, 0.25) is 0 Å². The third kappa shape index (κ3) is 6.01. The van der Waals surface area contributed by atoms with E-state index in [1.807, 2.05) is 40.7 Å². The summed E-state index contributed by atoms with van der Waals surface area (Å²) in [5, 5.41) is 4.05. The summed E-state index contributed by atoms with van der Waals surface area (Å²) < 4.78 is 5.19. The first kappa shape index (κ1) is 17.9. The minimum Gasteiger partial charge on any atom is -0.465 e. The third-order valence-corrected chi connectivity index (χ3v) is 3.80. The van der Waals surface area contributed by atoms with Gasteiger partial charge in [0, 0.05) is 23.7 Å². The molecule has 1 aromatic heterocycles. The fraction of sp³-hybridized carbons (Fsp3) is 0.667. The van der Waals surface area contributed by atoms with E-state index in [0.717, 1.165) is 16.6 Å². The minimum absolute atomic E-state index is 0.204. The number of hydrogen-bond acceptors (Lipinski definition) is 6. The summed E-state index contributed by atoms with van der Waals surface area (Å²) >= 11 is 1.55. The quantitative estimate of drug-likeness (QED) is 0.452. The SMILES string of the molecule is CCOC(=O)C(C)(CCSc1nccc(C)n1)NC(C)C. The minimum atomic E-state index is -0.680. The van der Waals surface area contributed by atoms with Gasteiger partial charge in [-0.25, -0.2) is 9.97 Å². The molecule has 1 atom stereocenters. The predicted molar refractivity (Wildman–Crippen MR) is 85.4 cm³/mol. The van der Waals surface area contributed by atoms with Crippen LogP contribution in [0.15, 0.2) is 17.4 Å². The number of nitrogens with zero attached hydrogens (tertiary/aromatic N) is 2. The lowest BCUT2D eigenvalue weighted by Crippen LogP contribution is -2.53. The predicted octanol–water partition coefficient (Wildman–Crippen LogP) is 2.59. The van der Waals surface area contributed by atoms with Gasteiger partial charge in [-0.15, -0.1) is 0 Å². The lowest BCUT2D eigenvalue weighted by Gasteiger charge is -2.30. The highest BCUT2D eigenvalue weighted by atomic mass is 32.2. The summed E-state index contributed by atoms with van der Waals surface area (Å²) in [5.41, 5.74) is 0.266. The number of carbonyl (C=O) groups is 1.